The molecule has 1 N–H and O–H groups in total. The van der Waals surface area contributed by atoms with Gasteiger partial charge in [-0.3, -0.25) is 9.59 Å². The van der Waals surface area contributed by atoms with Gasteiger partial charge in [-0.2, -0.15) is 0 Å². The number of carbonyl (C=O) groups excluding carboxylic acids is 4. The molecule has 2 aliphatic heterocycles. The van der Waals surface area contributed by atoms with E-state index in [0.717, 1.165) is 62.7 Å². The molecule has 16 nitrogen and oxygen atoms in total. The van der Waals surface area contributed by atoms with Crippen molar-refractivity contribution in [3.8, 4) is 23.0 Å². The molecule has 4 aromatic rings. The molecule has 81 heavy (non-hydrogen) atoms. The molecule has 0 spiro atoms. The van der Waals surface area contributed by atoms with Crippen LogP contribution >= 0.6 is 11.6 Å². The second kappa shape index (κ2) is 36.4. The van der Waals surface area contributed by atoms with Gasteiger partial charge in [0.2, 0.25) is 0 Å². The lowest BCUT2D eigenvalue weighted by atomic mass is 10.0. The number of piperidine rings is 2. The quantitative estimate of drug-likeness (QED) is 0.0585. The van der Waals surface area contributed by atoms with Crippen LogP contribution in [0, 0.1) is 0 Å². The topological polar surface area (TPSA) is 164 Å². The number of carbonyl (C=O) groups is 4. The third-order valence-electron chi connectivity index (χ3n) is 12.1. The largest absolute Gasteiger partial charge is 0.493 e. The van der Waals surface area contributed by atoms with Crippen LogP contribution < -0.4 is 24.3 Å². The van der Waals surface area contributed by atoms with Gasteiger partial charge in [0.15, 0.2) is 0 Å². The second-order valence-corrected chi connectivity index (χ2v) is 22.6. The van der Waals surface area contributed by atoms with E-state index < -0.39 is 16.4 Å². The number of rotatable bonds is 22. The molecule has 0 saturated carbocycles. The molecule has 6 rings (SSSR count). The molecule has 17 heteroatoms. The molecular formula is C64H97ClN4O12. The Kier molecular flexibility index (Phi) is 31.9. The van der Waals surface area contributed by atoms with E-state index in [1.54, 1.807) is 49.5 Å². The fourth-order valence-corrected chi connectivity index (χ4v) is 8.81. The number of likely N-dealkylation sites (tertiary alicyclic amines) is 2. The molecule has 2 aliphatic rings. The summed E-state index contributed by atoms with van der Waals surface area (Å²) < 4.78 is 44.5. The van der Waals surface area contributed by atoms with Gasteiger partial charge in [0.25, 0.3) is 11.1 Å². The van der Waals surface area contributed by atoms with E-state index in [9.17, 15) is 19.2 Å². The Morgan fingerprint density at radius 3 is 1.42 bits per heavy atom. The van der Waals surface area contributed by atoms with Gasteiger partial charge in [-0.1, -0.05) is 89.4 Å². The number of halogens is 1. The first-order chi connectivity index (χ1) is 37.5. The highest BCUT2D eigenvalue weighted by molar-refractivity contribution is 6.67. The lowest BCUT2D eigenvalue weighted by Crippen LogP contribution is -2.54. The lowest BCUT2D eigenvalue weighted by molar-refractivity contribution is 0.00749. The van der Waals surface area contributed by atoms with Gasteiger partial charge in [0.05, 0.1) is 19.3 Å². The van der Waals surface area contributed by atoms with Crippen LogP contribution in [-0.4, -0.2) is 140 Å². The molecule has 0 aliphatic carbocycles. The minimum absolute atomic E-state index is 0. The summed E-state index contributed by atoms with van der Waals surface area (Å²) in [5.41, 5.74) is 1.93. The van der Waals surface area contributed by atoms with Crippen LogP contribution in [-0.2, 0) is 32.2 Å². The van der Waals surface area contributed by atoms with Crippen LogP contribution in [0.15, 0.2) is 97.1 Å². The molecule has 2 saturated heterocycles. The molecule has 3 amide bonds. The van der Waals surface area contributed by atoms with E-state index in [-0.39, 0.29) is 45.0 Å². The molecule has 452 valence electrons. The summed E-state index contributed by atoms with van der Waals surface area (Å²) >= 11 is 5.58. The van der Waals surface area contributed by atoms with Gasteiger partial charge in [0.1, 0.15) is 47.4 Å². The van der Waals surface area contributed by atoms with Gasteiger partial charge in [0, 0.05) is 108 Å². The van der Waals surface area contributed by atoms with E-state index >= 15 is 0 Å². The van der Waals surface area contributed by atoms with Gasteiger partial charge in [-0.25, -0.2) is 9.59 Å². The standard InChI is InChI=1S/C31H44N2O6.C18H19ClO4.C13H26N2O2.2CH4/c1-23(2)33(26-14-10-15-32(21-26)30(35)39-31(3,4)5)29(34)25-18-27(37-17-11-16-36-6)20-28(19-25)38-22-24-12-8-7-9-13-24;1-21-8-5-9-22-16-10-15(18(19)20)11-17(12-16)23-13-14-6-3-2-4-7-14;1-10(2)14-11-7-6-8-15(9-11)12(16)17-13(3,4)5;;/h7-9,12-13,18-20,23,26H,10-11,14-17,21-22H2,1-6H3;2-4,6-7,10-12H,5,8-9,13H2,1H3;10-11,14H,6-9H2,1-5H3;2*1H4/t26-;;11-;;/m1.1../s1. The van der Waals surface area contributed by atoms with Crippen molar-refractivity contribution in [3.63, 3.8) is 0 Å². The summed E-state index contributed by atoms with van der Waals surface area (Å²) in [5.74, 6) is 2.11. The zero-order valence-corrected chi connectivity index (χ0v) is 49.7. The van der Waals surface area contributed by atoms with Crippen LogP contribution in [0.5, 0.6) is 23.0 Å². The van der Waals surface area contributed by atoms with Crippen molar-refractivity contribution in [2.45, 2.75) is 171 Å². The number of ether oxygens (including phenoxy) is 8. The predicted molar refractivity (Wildman–Crippen MR) is 323 cm³/mol. The van der Waals surface area contributed by atoms with Gasteiger partial charge < -0.3 is 57.9 Å². The van der Waals surface area contributed by atoms with Crippen LogP contribution in [0.2, 0.25) is 0 Å². The SMILES string of the molecule is C.C.CC(C)N[C@@H]1CCCN(C(=O)OC(C)(C)C)C1.COCCCOc1cc(OCc2ccccc2)cc(C(=O)Cl)c1.COCCCOc1cc(OCc2ccccc2)cc(C(=O)N(C(C)C)[C@@H]2CCCN(C(=O)OC(C)(C)C)C2)c1. The number of nitrogens with zero attached hydrogens (tertiary/aromatic N) is 3. The van der Waals surface area contributed by atoms with Gasteiger partial charge >= 0.3 is 12.2 Å². The lowest BCUT2D eigenvalue weighted by Gasteiger charge is -2.41. The third-order valence-corrected chi connectivity index (χ3v) is 12.3. The van der Waals surface area contributed by atoms with Crippen LogP contribution in [0.4, 0.5) is 9.59 Å². The number of hydrogen-bond donors (Lipinski definition) is 1. The van der Waals surface area contributed by atoms with Crippen LogP contribution in [0.1, 0.15) is 154 Å². The maximum atomic E-state index is 14.0. The average molecular weight is 1150 g/mol. The van der Waals surface area contributed by atoms with E-state index in [2.05, 4.69) is 19.2 Å². The Balaban J connectivity index is 0.000000453. The molecule has 2 fully saturated rings. The first-order valence-corrected chi connectivity index (χ1v) is 28.0. The maximum Gasteiger partial charge on any atom is 0.410 e. The summed E-state index contributed by atoms with van der Waals surface area (Å²) in [7, 11) is 3.30. The summed E-state index contributed by atoms with van der Waals surface area (Å²) in [6.07, 6.45) is 4.76. The summed E-state index contributed by atoms with van der Waals surface area (Å²) in [5, 5.41) is 2.94. The zero-order valence-electron chi connectivity index (χ0n) is 49.0. The highest BCUT2D eigenvalue weighted by Crippen LogP contribution is 2.29. The van der Waals surface area contributed by atoms with E-state index in [4.69, 9.17) is 49.5 Å². The molecule has 0 unspecified atom stereocenters. The highest BCUT2D eigenvalue weighted by Gasteiger charge is 2.35. The minimum Gasteiger partial charge on any atom is -0.493 e. The van der Waals surface area contributed by atoms with Crippen molar-refractivity contribution in [1.29, 1.82) is 0 Å². The molecule has 2 atom stereocenters. The van der Waals surface area contributed by atoms with Crippen LogP contribution in [0.25, 0.3) is 0 Å². The summed E-state index contributed by atoms with van der Waals surface area (Å²) in [6, 6.07) is 30.7. The fraction of sp³-hybridized carbons (Fsp3) is 0.562. The predicted octanol–water partition coefficient (Wildman–Crippen LogP) is 13.6. The van der Waals surface area contributed by atoms with Crippen LogP contribution in [0.3, 0.4) is 0 Å². The Morgan fingerprint density at radius 2 is 1.01 bits per heavy atom. The Hall–Kier alpha value is -6.07. The van der Waals surface area contributed by atoms with Crippen molar-refractivity contribution in [3.05, 3.63) is 119 Å². The van der Waals surface area contributed by atoms with E-state index in [1.807, 2.05) is 132 Å². The first kappa shape index (κ1) is 71.0. The maximum absolute atomic E-state index is 14.0. The summed E-state index contributed by atoms with van der Waals surface area (Å²) in [4.78, 5) is 55.5. The molecule has 0 radical (unpaired) electrons. The van der Waals surface area contributed by atoms with Crippen molar-refractivity contribution >= 4 is 34.9 Å². The summed E-state index contributed by atoms with van der Waals surface area (Å²) in [6.45, 7) is 25.1. The molecule has 0 aromatic heterocycles. The third kappa shape index (κ3) is 27.5. The first-order valence-electron chi connectivity index (χ1n) is 27.7. The number of amides is 3. The highest BCUT2D eigenvalue weighted by atomic mass is 35.5. The minimum atomic E-state index is -0.572. The molecule has 2 heterocycles. The molecule has 0 bridgehead atoms. The van der Waals surface area contributed by atoms with Crippen molar-refractivity contribution in [2.24, 2.45) is 0 Å². The van der Waals surface area contributed by atoms with Gasteiger partial charge in [-0.05, 0) is 128 Å². The second-order valence-electron chi connectivity index (χ2n) is 22.2. The molecular weight excluding hydrogens is 1050 g/mol. The number of methoxy groups -OCH3 is 2. The van der Waals surface area contributed by atoms with Crippen molar-refractivity contribution in [1.82, 2.24) is 20.0 Å². The number of hydrogen-bond acceptors (Lipinski definition) is 13. The van der Waals surface area contributed by atoms with Crippen molar-refractivity contribution in [2.75, 3.05) is 66.8 Å². The van der Waals surface area contributed by atoms with Gasteiger partial charge in [-0.15, -0.1) is 0 Å². The number of nitrogens with one attached hydrogen (secondary N) is 1. The Morgan fingerprint density at radius 1 is 0.593 bits per heavy atom. The Bertz CT molecular complexity index is 2450. The monoisotopic (exact) mass is 1150 g/mol. The molecule has 4 aromatic carbocycles. The van der Waals surface area contributed by atoms with E-state index in [1.165, 1.54) is 0 Å². The van der Waals surface area contributed by atoms with E-state index in [0.29, 0.717) is 98.9 Å². The average Bonchev–Trinajstić information content (AvgIpc) is 3.46. The van der Waals surface area contributed by atoms with Crippen molar-refractivity contribution < 1.29 is 57.1 Å². The fourth-order valence-electron chi connectivity index (χ4n) is 8.70. The number of benzene rings is 4. The normalized spacial score (nSPS) is 15.0. The zero-order chi connectivity index (χ0) is 58.0. The smallest absolute Gasteiger partial charge is 0.410 e. The Labute approximate surface area is 490 Å².